The molecule has 4 heteroatoms. The molecule has 124 valence electrons. The number of rotatable bonds is 9. The molecule has 1 aromatic rings. The van der Waals surface area contributed by atoms with Crippen LogP contribution in [-0.2, 0) is 11.2 Å². The summed E-state index contributed by atoms with van der Waals surface area (Å²) in [5.74, 6) is 1.46. The maximum absolute atomic E-state index is 5.56. The van der Waals surface area contributed by atoms with Gasteiger partial charge in [-0.3, -0.25) is 4.99 Å². The zero-order chi connectivity index (χ0) is 16.2. The van der Waals surface area contributed by atoms with Crippen LogP contribution in [0.1, 0.15) is 31.4 Å². The van der Waals surface area contributed by atoms with Crippen LogP contribution in [0.2, 0.25) is 0 Å². The largest absolute Gasteiger partial charge is 0.381 e. The molecule has 0 aliphatic carbocycles. The molecule has 0 fully saturated rings. The second kappa shape index (κ2) is 11.1. The summed E-state index contributed by atoms with van der Waals surface area (Å²) >= 11 is 0. The molecule has 0 bridgehead atoms. The van der Waals surface area contributed by atoms with Crippen molar-refractivity contribution in [1.82, 2.24) is 10.6 Å². The Labute approximate surface area is 135 Å². The number of hydrogen-bond donors (Lipinski definition) is 2. The van der Waals surface area contributed by atoms with Crippen LogP contribution >= 0.6 is 0 Å². The van der Waals surface area contributed by atoms with Crippen LogP contribution in [0.25, 0.3) is 0 Å². The summed E-state index contributed by atoms with van der Waals surface area (Å²) in [4.78, 5) is 4.23. The van der Waals surface area contributed by atoms with Crippen LogP contribution in [0.5, 0.6) is 0 Å². The van der Waals surface area contributed by atoms with Gasteiger partial charge in [-0.1, -0.05) is 43.7 Å². The SMILES string of the molecule is CN=C(NCCCOCC(C)C)NCCc1ccc(C)cc1. The highest BCUT2D eigenvalue weighted by Gasteiger charge is 1.98. The highest BCUT2D eigenvalue weighted by Crippen LogP contribution is 2.02. The van der Waals surface area contributed by atoms with E-state index in [1.54, 1.807) is 7.05 Å². The molecule has 0 aliphatic heterocycles. The predicted molar refractivity (Wildman–Crippen MR) is 94.5 cm³/mol. The molecule has 0 aliphatic rings. The van der Waals surface area contributed by atoms with Gasteiger partial charge in [0.25, 0.3) is 0 Å². The van der Waals surface area contributed by atoms with Crippen LogP contribution in [0.3, 0.4) is 0 Å². The van der Waals surface area contributed by atoms with Crippen LogP contribution in [-0.4, -0.2) is 39.3 Å². The molecule has 4 nitrogen and oxygen atoms in total. The van der Waals surface area contributed by atoms with Crippen molar-refractivity contribution >= 4 is 5.96 Å². The average molecular weight is 305 g/mol. The molecular formula is C18H31N3O. The molecule has 1 aromatic carbocycles. The number of nitrogens with one attached hydrogen (secondary N) is 2. The van der Waals surface area contributed by atoms with Crippen LogP contribution in [0.15, 0.2) is 29.3 Å². The molecule has 0 aromatic heterocycles. The number of aliphatic imine (C=N–C) groups is 1. The molecule has 0 amide bonds. The lowest BCUT2D eigenvalue weighted by atomic mass is 10.1. The lowest BCUT2D eigenvalue weighted by Crippen LogP contribution is -2.39. The lowest BCUT2D eigenvalue weighted by molar-refractivity contribution is 0.108. The standard InChI is InChI=1S/C18H31N3O/c1-15(2)14-22-13-5-11-20-18(19-4)21-12-10-17-8-6-16(3)7-9-17/h6-9,15H,5,10-14H2,1-4H3,(H2,19,20,21). The number of hydrogen-bond acceptors (Lipinski definition) is 2. The van der Waals surface area contributed by atoms with Gasteiger partial charge in [-0.15, -0.1) is 0 Å². The Hall–Kier alpha value is -1.55. The van der Waals surface area contributed by atoms with Gasteiger partial charge in [0.1, 0.15) is 0 Å². The Kier molecular flexibility index (Phi) is 9.31. The van der Waals surface area contributed by atoms with E-state index >= 15 is 0 Å². The third kappa shape index (κ3) is 8.67. The van der Waals surface area contributed by atoms with E-state index in [1.807, 2.05) is 0 Å². The molecule has 0 saturated carbocycles. The fourth-order valence-electron chi connectivity index (χ4n) is 2.00. The minimum absolute atomic E-state index is 0.601. The first-order chi connectivity index (χ1) is 10.6. The smallest absolute Gasteiger partial charge is 0.190 e. The first kappa shape index (κ1) is 18.5. The average Bonchev–Trinajstić information content (AvgIpc) is 2.50. The van der Waals surface area contributed by atoms with Crippen molar-refractivity contribution in [2.75, 3.05) is 33.4 Å². The summed E-state index contributed by atoms with van der Waals surface area (Å²) < 4.78 is 5.56. The predicted octanol–water partition coefficient (Wildman–Crippen LogP) is 2.77. The van der Waals surface area contributed by atoms with Gasteiger partial charge < -0.3 is 15.4 Å². The third-order valence-corrected chi connectivity index (χ3v) is 3.26. The Morgan fingerprint density at radius 3 is 2.45 bits per heavy atom. The lowest BCUT2D eigenvalue weighted by Gasteiger charge is -2.12. The Morgan fingerprint density at radius 1 is 1.14 bits per heavy atom. The highest BCUT2D eigenvalue weighted by atomic mass is 16.5. The minimum atomic E-state index is 0.601. The molecule has 0 heterocycles. The van der Waals surface area contributed by atoms with Gasteiger partial charge in [-0.2, -0.15) is 0 Å². The van der Waals surface area contributed by atoms with Crippen molar-refractivity contribution in [1.29, 1.82) is 0 Å². The first-order valence-corrected chi connectivity index (χ1v) is 8.19. The number of benzene rings is 1. The molecule has 0 radical (unpaired) electrons. The maximum atomic E-state index is 5.56. The van der Waals surface area contributed by atoms with E-state index in [9.17, 15) is 0 Å². The van der Waals surface area contributed by atoms with Gasteiger partial charge in [0, 0.05) is 33.4 Å². The van der Waals surface area contributed by atoms with Crippen LogP contribution in [0, 0.1) is 12.8 Å². The summed E-state index contributed by atoms with van der Waals surface area (Å²) in [6, 6.07) is 8.66. The fourth-order valence-corrected chi connectivity index (χ4v) is 2.00. The van der Waals surface area contributed by atoms with Crippen molar-refractivity contribution in [2.45, 2.75) is 33.6 Å². The normalized spacial score (nSPS) is 11.8. The molecule has 22 heavy (non-hydrogen) atoms. The van der Waals surface area contributed by atoms with E-state index in [1.165, 1.54) is 11.1 Å². The molecule has 0 saturated heterocycles. The Balaban J connectivity index is 2.11. The van der Waals surface area contributed by atoms with Gasteiger partial charge in [0.2, 0.25) is 0 Å². The van der Waals surface area contributed by atoms with Crippen molar-refractivity contribution in [2.24, 2.45) is 10.9 Å². The number of guanidine groups is 1. The van der Waals surface area contributed by atoms with E-state index < -0.39 is 0 Å². The monoisotopic (exact) mass is 305 g/mol. The van der Waals surface area contributed by atoms with Gasteiger partial charge in [-0.25, -0.2) is 0 Å². The summed E-state index contributed by atoms with van der Waals surface area (Å²) in [5.41, 5.74) is 2.64. The van der Waals surface area contributed by atoms with E-state index in [4.69, 9.17) is 4.74 Å². The Morgan fingerprint density at radius 2 is 1.82 bits per heavy atom. The summed E-state index contributed by atoms with van der Waals surface area (Å²) in [6.07, 6.45) is 1.99. The number of aryl methyl sites for hydroxylation is 1. The third-order valence-electron chi connectivity index (χ3n) is 3.26. The molecule has 2 N–H and O–H groups in total. The van der Waals surface area contributed by atoms with Gasteiger partial charge in [0.05, 0.1) is 0 Å². The van der Waals surface area contributed by atoms with Crippen LogP contribution in [0.4, 0.5) is 0 Å². The second-order valence-electron chi connectivity index (χ2n) is 5.98. The molecule has 0 atom stereocenters. The van der Waals surface area contributed by atoms with Gasteiger partial charge >= 0.3 is 0 Å². The van der Waals surface area contributed by atoms with E-state index in [2.05, 4.69) is 60.7 Å². The number of nitrogens with zero attached hydrogens (tertiary/aromatic N) is 1. The summed E-state index contributed by atoms with van der Waals surface area (Å²) in [6.45, 7) is 9.83. The molecular weight excluding hydrogens is 274 g/mol. The van der Waals surface area contributed by atoms with Gasteiger partial charge in [-0.05, 0) is 31.2 Å². The maximum Gasteiger partial charge on any atom is 0.190 e. The van der Waals surface area contributed by atoms with Crippen molar-refractivity contribution in [3.05, 3.63) is 35.4 Å². The number of ether oxygens (including phenoxy) is 1. The van der Waals surface area contributed by atoms with E-state index in [0.717, 1.165) is 45.1 Å². The minimum Gasteiger partial charge on any atom is -0.381 e. The fraction of sp³-hybridized carbons (Fsp3) is 0.611. The Bertz CT molecular complexity index is 426. The molecule has 1 rings (SSSR count). The zero-order valence-corrected chi connectivity index (χ0v) is 14.5. The molecule has 0 spiro atoms. The van der Waals surface area contributed by atoms with Crippen molar-refractivity contribution in [3.63, 3.8) is 0 Å². The second-order valence-corrected chi connectivity index (χ2v) is 5.98. The van der Waals surface area contributed by atoms with Crippen LogP contribution < -0.4 is 10.6 Å². The van der Waals surface area contributed by atoms with Crippen molar-refractivity contribution < 1.29 is 4.74 Å². The summed E-state index contributed by atoms with van der Waals surface area (Å²) in [5, 5.41) is 6.65. The topological polar surface area (TPSA) is 45.7 Å². The highest BCUT2D eigenvalue weighted by molar-refractivity contribution is 5.79. The van der Waals surface area contributed by atoms with E-state index in [0.29, 0.717) is 5.92 Å². The van der Waals surface area contributed by atoms with Crippen molar-refractivity contribution in [3.8, 4) is 0 Å². The summed E-state index contributed by atoms with van der Waals surface area (Å²) in [7, 11) is 1.80. The van der Waals surface area contributed by atoms with Gasteiger partial charge in [0.15, 0.2) is 5.96 Å². The zero-order valence-electron chi connectivity index (χ0n) is 14.5. The first-order valence-electron chi connectivity index (χ1n) is 8.19. The van der Waals surface area contributed by atoms with E-state index in [-0.39, 0.29) is 0 Å². The quantitative estimate of drug-likeness (QED) is 0.419. The molecule has 0 unspecified atom stereocenters.